The van der Waals surface area contributed by atoms with Crippen molar-refractivity contribution in [3.8, 4) is 0 Å². The van der Waals surface area contributed by atoms with Gasteiger partial charge in [-0.15, -0.1) is 0 Å². The fourth-order valence-corrected chi connectivity index (χ4v) is 3.64. The zero-order valence-corrected chi connectivity index (χ0v) is 14.3. The van der Waals surface area contributed by atoms with Gasteiger partial charge < -0.3 is 5.11 Å². The molecule has 0 amide bonds. The van der Waals surface area contributed by atoms with Crippen LogP contribution in [0.1, 0.15) is 11.1 Å². The molecule has 7 heteroatoms. The van der Waals surface area contributed by atoms with Crippen LogP contribution in [0.25, 0.3) is 0 Å². The zero-order valence-electron chi connectivity index (χ0n) is 11.1. The summed E-state index contributed by atoms with van der Waals surface area (Å²) in [6, 6.07) is 9.58. The van der Waals surface area contributed by atoms with Crippen LogP contribution in [0.15, 0.2) is 45.8 Å². The van der Waals surface area contributed by atoms with Crippen LogP contribution in [0, 0.1) is 6.92 Å². The van der Waals surface area contributed by atoms with E-state index in [9.17, 15) is 8.42 Å². The average Bonchev–Trinajstić information content (AvgIpc) is 2.43. The van der Waals surface area contributed by atoms with Crippen molar-refractivity contribution in [3.63, 3.8) is 0 Å². The molecule has 2 rings (SSSR count). The van der Waals surface area contributed by atoms with Crippen LogP contribution in [0.5, 0.6) is 0 Å². The molecule has 0 aliphatic heterocycles. The van der Waals surface area contributed by atoms with E-state index in [1.54, 1.807) is 37.3 Å². The smallest absolute Gasteiger partial charge is 0.262 e. The van der Waals surface area contributed by atoms with Gasteiger partial charge in [-0.05, 0) is 58.2 Å². The van der Waals surface area contributed by atoms with Crippen LogP contribution in [0.2, 0.25) is 5.02 Å². The number of aryl methyl sites for hydroxylation is 1. The summed E-state index contributed by atoms with van der Waals surface area (Å²) in [7, 11) is -3.73. The van der Waals surface area contributed by atoms with Gasteiger partial charge in [-0.1, -0.05) is 23.7 Å². The first-order valence-corrected chi connectivity index (χ1v) is 8.67. The third kappa shape index (κ3) is 3.77. The molecular formula is C14H13BrClNO3S. The van der Waals surface area contributed by atoms with Gasteiger partial charge in [0.25, 0.3) is 10.0 Å². The molecule has 0 heterocycles. The quantitative estimate of drug-likeness (QED) is 0.836. The molecule has 0 aliphatic rings. The molecule has 0 aromatic heterocycles. The molecule has 4 nitrogen and oxygen atoms in total. The summed E-state index contributed by atoms with van der Waals surface area (Å²) in [4.78, 5) is 0.139. The molecular weight excluding hydrogens is 378 g/mol. The first-order valence-electron chi connectivity index (χ1n) is 6.02. The van der Waals surface area contributed by atoms with Crippen molar-refractivity contribution in [2.45, 2.75) is 18.4 Å². The maximum Gasteiger partial charge on any atom is 0.262 e. The van der Waals surface area contributed by atoms with Crippen molar-refractivity contribution in [1.29, 1.82) is 0 Å². The van der Waals surface area contributed by atoms with E-state index >= 15 is 0 Å². The minimum atomic E-state index is -3.73. The van der Waals surface area contributed by atoms with E-state index in [0.29, 0.717) is 26.3 Å². The summed E-state index contributed by atoms with van der Waals surface area (Å²) in [6.45, 7) is 1.49. The monoisotopic (exact) mass is 389 g/mol. The van der Waals surface area contributed by atoms with Gasteiger partial charge in [0, 0.05) is 4.47 Å². The van der Waals surface area contributed by atoms with E-state index in [2.05, 4.69) is 20.7 Å². The molecule has 2 aromatic carbocycles. The summed E-state index contributed by atoms with van der Waals surface area (Å²) in [5, 5.41) is 9.64. The second-order valence-corrected chi connectivity index (χ2v) is 7.40. The van der Waals surface area contributed by atoms with Gasteiger partial charge in [0.2, 0.25) is 0 Å². The fourth-order valence-electron chi connectivity index (χ4n) is 1.80. The maximum atomic E-state index is 12.4. The lowest BCUT2D eigenvalue weighted by Gasteiger charge is -2.12. The van der Waals surface area contributed by atoms with Gasteiger partial charge in [0.15, 0.2) is 0 Å². The largest absolute Gasteiger partial charge is 0.392 e. The Bertz CT molecular complexity index is 778. The first-order chi connectivity index (χ1) is 9.83. The van der Waals surface area contributed by atoms with Gasteiger partial charge in [-0.2, -0.15) is 0 Å². The van der Waals surface area contributed by atoms with Crippen molar-refractivity contribution in [2.24, 2.45) is 0 Å². The van der Waals surface area contributed by atoms with Crippen molar-refractivity contribution in [1.82, 2.24) is 0 Å². The maximum absolute atomic E-state index is 12.4. The van der Waals surface area contributed by atoms with Gasteiger partial charge in [-0.25, -0.2) is 8.42 Å². The molecule has 0 atom stereocenters. The van der Waals surface area contributed by atoms with Gasteiger partial charge >= 0.3 is 0 Å². The van der Waals surface area contributed by atoms with Crippen molar-refractivity contribution in [3.05, 3.63) is 57.0 Å². The molecule has 0 unspecified atom stereocenters. The lowest BCUT2D eigenvalue weighted by atomic mass is 10.2. The summed E-state index contributed by atoms with van der Waals surface area (Å²) in [6.07, 6.45) is 0. The molecule has 0 fully saturated rings. The SMILES string of the molecule is Cc1ccc(CO)cc1S(=O)(=O)Nc1ccc(Cl)c(Br)c1. The number of sulfonamides is 1. The Morgan fingerprint density at radius 3 is 2.57 bits per heavy atom. The average molecular weight is 391 g/mol. The van der Waals surface area contributed by atoms with E-state index in [-0.39, 0.29) is 11.5 Å². The molecule has 0 saturated heterocycles. The lowest BCUT2D eigenvalue weighted by Crippen LogP contribution is -2.14. The number of nitrogens with one attached hydrogen (secondary N) is 1. The molecule has 0 aliphatic carbocycles. The second kappa shape index (κ2) is 6.36. The van der Waals surface area contributed by atoms with E-state index < -0.39 is 10.0 Å². The third-order valence-corrected chi connectivity index (χ3v) is 5.63. The van der Waals surface area contributed by atoms with E-state index in [1.165, 1.54) is 6.07 Å². The molecule has 2 N–H and O–H groups in total. The highest BCUT2D eigenvalue weighted by molar-refractivity contribution is 9.10. The third-order valence-electron chi connectivity index (χ3n) is 2.90. The predicted octanol–water partition coefficient (Wildman–Crippen LogP) is 3.70. The Kier molecular flexibility index (Phi) is 4.93. The highest BCUT2D eigenvalue weighted by Gasteiger charge is 2.18. The highest BCUT2D eigenvalue weighted by atomic mass is 79.9. The second-order valence-electron chi connectivity index (χ2n) is 4.49. The van der Waals surface area contributed by atoms with Crippen LogP contribution in [0.3, 0.4) is 0 Å². The Morgan fingerprint density at radius 2 is 1.95 bits per heavy atom. The van der Waals surface area contributed by atoms with Gasteiger partial charge in [0.1, 0.15) is 0 Å². The Hall–Kier alpha value is -1.08. The molecule has 0 radical (unpaired) electrons. The summed E-state index contributed by atoms with van der Waals surface area (Å²) in [5.41, 5.74) is 1.55. The zero-order chi connectivity index (χ0) is 15.6. The number of benzene rings is 2. The Labute approximate surface area is 136 Å². The van der Waals surface area contributed by atoms with Crippen LogP contribution in [-0.2, 0) is 16.6 Å². The fraction of sp³-hybridized carbons (Fsp3) is 0.143. The Balaban J connectivity index is 2.40. The standard InChI is InChI=1S/C14H13BrClNO3S/c1-9-2-3-10(8-18)6-14(9)21(19,20)17-11-4-5-13(16)12(15)7-11/h2-7,17-18H,8H2,1H3. The minimum Gasteiger partial charge on any atom is -0.392 e. The first kappa shape index (κ1) is 16.3. The summed E-state index contributed by atoms with van der Waals surface area (Å²) < 4.78 is 28.0. The molecule has 0 bridgehead atoms. The number of rotatable bonds is 4. The topological polar surface area (TPSA) is 66.4 Å². The summed E-state index contributed by atoms with van der Waals surface area (Å²) in [5.74, 6) is 0. The molecule has 0 spiro atoms. The van der Waals surface area contributed by atoms with Crippen LogP contribution in [-0.4, -0.2) is 13.5 Å². The van der Waals surface area contributed by atoms with Crippen LogP contribution < -0.4 is 4.72 Å². The molecule has 21 heavy (non-hydrogen) atoms. The number of aliphatic hydroxyl groups excluding tert-OH is 1. The van der Waals surface area contributed by atoms with E-state index in [1.807, 2.05) is 0 Å². The summed E-state index contributed by atoms with van der Waals surface area (Å²) >= 11 is 9.13. The highest BCUT2D eigenvalue weighted by Crippen LogP contribution is 2.27. The molecule has 0 saturated carbocycles. The van der Waals surface area contributed by atoms with Crippen LogP contribution in [0.4, 0.5) is 5.69 Å². The predicted molar refractivity (Wildman–Crippen MR) is 87.1 cm³/mol. The number of hydrogen-bond acceptors (Lipinski definition) is 3. The van der Waals surface area contributed by atoms with Gasteiger partial charge in [0.05, 0.1) is 22.2 Å². The van der Waals surface area contributed by atoms with Crippen molar-refractivity contribution >= 4 is 43.2 Å². The Morgan fingerprint density at radius 1 is 1.24 bits per heavy atom. The van der Waals surface area contributed by atoms with Crippen molar-refractivity contribution < 1.29 is 13.5 Å². The van der Waals surface area contributed by atoms with Crippen molar-refractivity contribution in [2.75, 3.05) is 4.72 Å². The number of halogens is 2. The number of hydrogen-bond donors (Lipinski definition) is 2. The van der Waals surface area contributed by atoms with Gasteiger partial charge in [-0.3, -0.25) is 4.72 Å². The normalized spacial score (nSPS) is 11.4. The molecule has 2 aromatic rings. The molecule has 112 valence electrons. The van der Waals surface area contributed by atoms with Crippen LogP contribution >= 0.6 is 27.5 Å². The lowest BCUT2D eigenvalue weighted by molar-refractivity contribution is 0.281. The number of anilines is 1. The minimum absolute atomic E-state index is 0.139. The van der Waals surface area contributed by atoms with E-state index in [0.717, 1.165) is 0 Å². The number of aliphatic hydroxyl groups is 1. The van der Waals surface area contributed by atoms with E-state index in [4.69, 9.17) is 16.7 Å².